The summed E-state index contributed by atoms with van der Waals surface area (Å²) in [4.78, 5) is 11.6. The fraction of sp³-hybridized carbons (Fsp3) is 0.500. The standard InChI is InChI=1S/C14H18F3NO3/c1-2-10(7-8-19)18-13(20)9-21-12-6-4-3-5-11(12)14(15,16)17/h3-6,10,19H,2,7-9H2,1H3,(H,18,20). The third-order valence-corrected chi connectivity index (χ3v) is 2.89. The van der Waals surface area contributed by atoms with Gasteiger partial charge in [0.15, 0.2) is 6.61 Å². The largest absolute Gasteiger partial charge is 0.483 e. The topological polar surface area (TPSA) is 58.6 Å². The Kier molecular flexibility index (Phi) is 6.48. The highest BCUT2D eigenvalue weighted by Crippen LogP contribution is 2.35. The fourth-order valence-corrected chi connectivity index (χ4v) is 1.77. The molecule has 0 aliphatic carbocycles. The molecule has 1 rings (SSSR count). The van der Waals surface area contributed by atoms with Gasteiger partial charge in [0.25, 0.3) is 5.91 Å². The molecule has 0 aliphatic heterocycles. The minimum absolute atomic E-state index is 0.0729. The first-order chi connectivity index (χ1) is 9.88. The fourth-order valence-electron chi connectivity index (χ4n) is 1.77. The van der Waals surface area contributed by atoms with Crippen LogP contribution in [0.5, 0.6) is 5.75 Å². The maximum atomic E-state index is 12.7. The molecule has 0 heterocycles. The van der Waals surface area contributed by atoms with E-state index in [0.29, 0.717) is 12.8 Å². The predicted molar refractivity (Wildman–Crippen MR) is 70.9 cm³/mol. The van der Waals surface area contributed by atoms with Gasteiger partial charge in [-0.05, 0) is 25.0 Å². The van der Waals surface area contributed by atoms with Crippen molar-refractivity contribution in [2.45, 2.75) is 32.0 Å². The van der Waals surface area contributed by atoms with E-state index >= 15 is 0 Å². The zero-order chi connectivity index (χ0) is 15.9. The molecular formula is C14H18F3NO3. The molecule has 1 amide bonds. The third-order valence-electron chi connectivity index (χ3n) is 2.89. The van der Waals surface area contributed by atoms with Crippen molar-refractivity contribution in [3.8, 4) is 5.75 Å². The second-order valence-corrected chi connectivity index (χ2v) is 4.47. The van der Waals surface area contributed by atoms with Gasteiger partial charge in [-0.1, -0.05) is 19.1 Å². The lowest BCUT2D eigenvalue weighted by Crippen LogP contribution is -2.38. The number of rotatable bonds is 7. The highest BCUT2D eigenvalue weighted by atomic mass is 19.4. The predicted octanol–water partition coefficient (Wildman–Crippen LogP) is 2.36. The van der Waals surface area contributed by atoms with Crippen LogP contribution in [0.2, 0.25) is 0 Å². The van der Waals surface area contributed by atoms with Crippen molar-refractivity contribution >= 4 is 5.91 Å². The molecule has 0 aliphatic rings. The second kappa shape index (κ2) is 7.87. The number of benzene rings is 1. The smallest absolute Gasteiger partial charge is 0.419 e. The molecule has 118 valence electrons. The Morgan fingerprint density at radius 2 is 2.05 bits per heavy atom. The molecule has 0 spiro atoms. The highest BCUT2D eigenvalue weighted by molar-refractivity contribution is 5.77. The summed E-state index contributed by atoms with van der Waals surface area (Å²) in [6.45, 7) is 1.26. The van der Waals surface area contributed by atoms with E-state index in [1.807, 2.05) is 6.92 Å². The first-order valence-corrected chi connectivity index (χ1v) is 6.57. The van der Waals surface area contributed by atoms with E-state index in [-0.39, 0.29) is 18.4 Å². The van der Waals surface area contributed by atoms with Crippen molar-refractivity contribution in [1.82, 2.24) is 5.32 Å². The first kappa shape index (κ1) is 17.3. The Morgan fingerprint density at radius 1 is 1.38 bits per heavy atom. The summed E-state index contributed by atoms with van der Waals surface area (Å²) in [6.07, 6.45) is -3.53. The number of alkyl halides is 3. The van der Waals surface area contributed by atoms with Crippen molar-refractivity contribution in [3.05, 3.63) is 29.8 Å². The number of carbonyl (C=O) groups is 1. The molecule has 0 bridgehead atoms. The maximum absolute atomic E-state index is 12.7. The Labute approximate surface area is 120 Å². The lowest BCUT2D eigenvalue weighted by molar-refractivity contribution is -0.139. The first-order valence-electron chi connectivity index (χ1n) is 6.57. The summed E-state index contributed by atoms with van der Waals surface area (Å²) >= 11 is 0. The number of halogens is 3. The van der Waals surface area contributed by atoms with Crippen LogP contribution in [-0.4, -0.2) is 30.3 Å². The number of hydrogen-bond acceptors (Lipinski definition) is 3. The van der Waals surface area contributed by atoms with Crippen LogP contribution in [0.25, 0.3) is 0 Å². The summed E-state index contributed by atoms with van der Waals surface area (Å²) in [5, 5.41) is 11.4. The van der Waals surface area contributed by atoms with Crippen molar-refractivity contribution < 1.29 is 27.8 Å². The van der Waals surface area contributed by atoms with Gasteiger partial charge in [-0.15, -0.1) is 0 Å². The van der Waals surface area contributed by atoms with E-state index in [2.05, 4.69) is 5.32 Å². The number of hydrogen-bond donors (Lipinski definition) is 2. The average Bonchev–Trinajstić information content (AvgIpc) is 2.44. The van der Waals surface area contributed by atoms with E-state index in [1.165, 1.54) is 18.2 Å². The number of carbonyl (C=O) groups excluding carboxylic acids is 1. The van der Waals surface area contributed by atoms with Crippen molar-refractivity contribution in [1.29, 1.82) is 0 Å². The molecule has 21 heavy (non-hydrogen) atoms. The number of aliphatic hydroxyl groups is 1. The van der Waals surface area contributed by atoms with E-state index in [4.69, 9.17) is 9.84 Å². The summed E-state index contributed by atoms with van der Waals surface area (Å²) in [5.41, 5.74) is -0.916. The molecule has 0 saturated carbocycles. The quantitative estimate of drug-likeness (QED) is 0.813. The van der Waals surface area contributed by atoms with E-state index in [1.54, 1.807) is 0 Å². The van der Waals surface area contributed by atoms with Crippen molar-refractivity contribution in [2.24, 2.45) is 0 Å². The Hall–Kier alpha value is -1.76. The van der Waals surface area contributed by atoms with E-state index in [9.17, 15) is 18.0 Å². The van der Waals surface area contributed by atoms with Gasteiger partial charge in [-0.3, -0.25) is 4.79 Å². The molecule has 0 radical (unpaired) electrons. The van der Waals surface area contributed by atoms with E-state index in [0.717, 1.165) is 6.07 Å². The molecule has 4 nitrogen and oxygen atoms in total. The number of para-hydroxylation sites is 1. The van der Waals surface area contributed by atoms with Gasteiger partial charge in [-0.2, -0.15) is 13.2 Å². The van der Waals surface area contributed by atoms with Crippen LogP contribution < -0.4 is 10.1 Å². The molecule has 7 heteroatoms. The molecule has 1 aromatic carbocycles. The number of aliphatic hydroxyl groups excluding tert-OH is 1. The zero-order valence-electron chi connectivity index (χ0n) is 11.6. The SMILES string of the molecule is CCC(CCO)NC(=O)COc1ccccc1C(F)(F)F. The highest BCUT2D eigenvalue weighted by Gasteiger charge is 2.34. The van der Waals surface area contributed by atoms with Gasteiger partial charge < -0.3 is 15.2 Å². The zero-order valence-corrected chi connectivity index (χ0v) is 11.6. The normalized spacial score (nSPS) is 12.8. The Morgan fingerprint density at radius 3 is 2.62 bits per heavy atom. The van der Waals surface area contributed by atoms with Crippen LogP contribution >= 0.6 is 0 Å². The number of amides is 1. The number of ether oxygens (including phenoxy) is 1. The van der Waals surface area contributed by atoms with Gasteiger partial charge in [0, 0.05) is 12.6 Å². The van der Waals surface area contributed by atoms with E-state index < -0.39 is 24.3 Å². The third kappa shape index (κ3) is 5.63. The maximum Gasteiger partial charge on any atom is 0.419 e. The Bertz CT molecular complexity index is 463. The molecular weight excluding hydrogens is 287 g/mol. The van der Waals surface area contributed by atoms with Crippen LogP contribution in [0.4, 0.5) is 13.2 Å². The van der Waals surface area contributed by atoms with Crippen molar-refractivity contribution in [3.63, 3.8) is 0 Å². The summed E-state index contributed by atoms with van der Waals surface area (Å²) in [6, 6.07) is 4.51. The monoisotopic (exact) mass is 305 g/mol. The number of nitrogens with one attached hydrogen (secondary N) is 1. The van der Waals surface area contributed by atoms with Gasteiger partial charge in [0.1, 0.15) is 5.75 Å². The molecule has 1 atom stereocenters. The molecule has 0 fully saturated rings. The molecule has 2 N–H and O–H groups in total. The Balaban J connectivity index is 2.61. The second-order valence-electron chi connectivity index (χ2n) is 4.47. The lowest BCUT2D eigenvalue weighted by atomic mass is 10.1. The van der Waals surface area contributed by atoms with Crippen LogP contribution in [0.15, 0.2) is 24.3 Å². The summed E-state index contributed by atoms with van der Waals surface area (Å²) in [7, 11) is 0. The van der Waals surface area contributed by atoms with Gasteiger partial charge in [0.2, 0.25) is 0 Å². The summed E-state index contributed by atoms with van der Waals surface area (Å²) < 4.78 is 43.1. The van der Waals surface area contributed by atoms with Crippen LogP contribution in [0.3, 0.4) is 0 Å². The minimum atomic E-state index is -4.53. The van der Waals surface area contributed by atoms with Crippen molar-refractivity contribution in [2.75, 3.05) is 13.2 Å². The molecule has 1 unspecified atom stereocenters. The van der Waals surface area contributed by atoms with Crippen LogP contribution in [0, 0.1) is 0 Å². The van der Waals surface area contributed by atoms with Gasteiger partial charge >= 0.3 is 6.18 Å². The lowest BCUT2D eigenvalue weighted by Gasteiger charge is -2.17. The minimum Gasteiger partial charge on any atom is -0.483 e. The molecule has 0 saturated heterocycles. The van der Waals surface area contributed by atoms with Gasteiger partial charge in [0.05, 0.1) is 5.56 Å². The van der Waals surface area contributed by atoms with Crippen LogP contribution in [-0.2, 0) is 11.0 Å². The molecule has 1 aromatic rings. The summed E-state index contributed by atoms with van der Waals surface area (Å²) in [5.74, 6) is -0.900. The van der Waals surface area contributed by atoms with Crippen LogP contribution in [0.1, 0.15) is 25.3 Å². The van der Waals surface area contributed by atoms with Gasteiger partial charge in [-0.25, -0.2) is 0 Å². The molecule has 0 aromatic heterocycles. The average molecular weight is 305 g/mol.